The third kappa shape index (κ3) is 4.50. The lowest BCUT2D eigenvalue weighted by Gasteiger charge is -2.32. The fourth-order valence-electron chi connectivity index (χ4n) is 3.08. The summed E-state index contributed by atoms with van der Waals surface area (Å²) in [6.45, 7) is 3.27. The molecule has 1 atom stereocenters. The number of benzene rings is 1. The van der Waals surface area contributed by atoms with Gasteiger partial charge >= 0.3 is 0 Å². The fraction of sp³-hybridized carbons (Fsp3) is 0.421. The maximum absolute atomic E-state index is 9.91. The second kappa shape index (κ2) is 8.51. The minimum absolute atomic E-state index is 0.239. The number of aromatic nitrogens is 1. The highest BCUT2D eigenvalue weighted by Crippen LogP contribution is 2.22. The van der Waals surface area contributed by atoms with Crippen molar-refractivity contribution < 1.29 is 5.11 Å². The van der Waals surface area contributed by atoms with Crippen LogP contribution in [0.25, 0.3) is 0 Å². The van der Waals surface area contributed by atoms with E-state index >= 15 is 0 Å². The summed E-state index contributed by atoms with van der Waals surface area (Å²) in [5.74, 6) is 1.00. The molecule has 0 amide bonds. The molecule has 0 saturated carbocycles. The summed E-state index contributed by atoms with van der Waals surface area (Å²) in [7, 11) is 0. The summed E-state index contributed by atoms with van der Waals surface area (Å²) in [4.78, 5) is 8.05. The number of rotatable bonds is 6. The van der Waals surface area contributed by atoms with Crippen molar-refractivity contribution in [3.05, 3.63) is 53.7 Å². The zero-order valence-electron chi connectivity index (χ0n) is 14.1. The van der Waals surface area contributed by atoms with Gasteiger partial charge in [0.2, 0.25) is 0 Å². The molecule has 1 aliphatic heterocycles. The van der Waals surface area contributed by atoms with Crippen LogP contribution < -0.4 is 10.2 Å². The lowest BCUT2D eigenvalue weighted by atomic mass is 10.1. The van der Waals surface area contributed by atoms with Crippen LogP contribution in [-0.4, -0.2) is 35.5 Å². The van der Waals surface area contributed by atoms with E-state index in [2.05, 4.69) is 51.8 Å². The van der Waals surface area contributed by atoms with Gasteiger partial charge in [-0.1, -0.05) is 18.2 Å². The van der Waals surface area contributed by atoms with E-state index in [0.29, 0.717) is 6.54 Å². The highest BCUT2D eigenvalue weighted by atomic mass is 32.2. The van der Waals surface area contributed by atoms with E-state index in [4.69, 9.17) is 0 Å². The number of nitrogens with one attached hydrogen (secondary N) is 1. The molecule has 5 heteroatoms. The monoisotopic (exact) mass is 343 g/mol. The van der Waals surface area contributed by atoms with Gasteiger partial charge in [0.25, 0.3) is 0 Å². The van der Waals surface area contributed by atoms with Crippen molar-refractivity contribution in [3.63, 3.8) is 0 Å². The molecule has 128 valence electrons. The first kappa shape index (κ1) is 17.3. The van der Waals surface area contributed by atoms with E-state index in [1.54, 1.807) is 11.8 Å². The molecule has 1 unspecified atom stereocenters. The molecule has 2 N–H and O–H groups in total. The Morgan fingerprint density at radius 2 is 2.08 bits per heavy atom. The molecular formula is C19H25N3OS. The summed E-state index contributed by atoms with van der Waals surface area (Å²) in [5.41, 5.74) is 2.47. The standard InChI is InChI=1S/C19H25N3OS/c1-24-18-8-6-15(7-9-18)12-20-13-16-4-2-10-21-19(16)22-11-3-5-17(23)14-22/h2,4,6-10,17,20,23H,3,5,11-14H2,1H3. The molecule has 0 aliphatic carbocycles. The number of nitrogens with zero attached hydrogens (tertiary/aromatic N) is 2. The molecule has 2 heterocycles. The van der Waals surface area contributed by atoms with Crippen molar-refractivity contribution in [2.75, 3.05) is 24.2 Å². The normalized spacial score (nSPS) is 17.9. The van der Waals surface area contributed by atoms with Crippen molar-refractivity contribution in [1.82, 2.24) is 10.3 Å². The summed E-state index contributed by atoms with van der Waals surface area (Å²) in [6.07, 6.45) is 5.60. The molecule has 1 saturated heterocycles. The summed E-state index contributed by atoms with van der Waals surface area (Å²) in [5, 5.41) is 13.4. The van der Waals surface area contributed by atoms with Crippen LogP contribution in [0.2, 0.25) is 0 Å². The topological polar surface area (TPSA) is 48.4 Å². The maximum atomic E-state index is 9.91. The molecule has 1 fully saturated rings. The second-order valence-electron chi connectivity index (χ2n) is 6.18. The van der Waals surface area contributed by atoms with Crippen LogP contribution in [0.3, 0.4) is 0 Å². The van der Waals surface area contributed by atoms with Crippen LogP contribution in [0.15, 0.2) is 47.5 Å². The van der Waals surface area contributed by atoms with Crippen molar-refractivity contribution in [2.45, 2.75) is 36.9 Å². The van der Waals surface area contributed by atoms with Crippen LogP contribution in [-0.2, 0) is 13.1 Å². The number of aliphatic hydroxyl groups is 1. The van der Waals surface area contributed by atoms with Crippen LogP contribution in [0, 0.1) is 0 Å². The van der Waals surface area contributed by atoms with Crippen LogP contribution >= 0.6 is 11.8 Å². The summed E-state index contributed by atoms with van der Waals surface area (Å²) in [6, 6.07) is 12.8. The molecule has 4 nitrogen and oxygen atoms in total. The zero-order chi connectivity index (χ0) is 16.8. The lowest BCUT2D eigenvalue weighted by molar-refractivity contribution is 0.154. The third-order valence-corrected chi connectivity index (χ3v) is 5.11. The van der Waals surface area contributed by atoms with Gasteiger partial charge in [-0.25, -0.2) is 4.98 Å². The van der Waals surface area contributed by atoms with Crippen molar-refractivity contribution in [3.8, 4) is 0 Å². The summed E-state index contributed by atoms with van der Waals surface area (Å²) < 4.78 is 0. The van der Waals surface area contributed by atoms with E-state index in [9.17, 15) is 5.11 Å². The van der Waals surface area contributed by atoms with Crippen LogP contribution in [0.4, 0.5) is 5.82 Å². The van der Waals surface area contributed by atoms with E-state index in [-0.39, 0.29) is 6.10 Å². The molecular weight excluding hydrogens is 318 g/mol. The number of hydrogen-bond acceptors (Lipinski definition) is 5. The SMILES string of the molecule is CSc1ccc(CNCc2cccnc2N2CCCC(O)C2)cc1. The minimum atomic E-state index is -0.239. The van der Waals surface area contributed by atoms with E-state index < -0.39 is 0 Å². The molecule has 3 rings (SSSR count). The van der Waals surface area contributed by atoms with Crippen LogP contribution in [0.5, 0.6) is 0 Å². The fourth-order valence-corrected chi connectivity index (χ4v) is 3.49. The van der Waals surface area contributed by atoms with E-state index in [1.165, 1.54) is 16.0 Å². The molecule has 0 bridgehead atoms. The molecule has 0 radical (unpaired) electrons. The minimum Gasteiger partial charge on any atom is -0.391 e. The Balaban J connectivity index is 1.60. The Kier molecular flexibility index (Phi) is 6.12. The van der Waals surface area contributed by atoms with Gasteiger partial charge in [-0.05, 0) is 42.9 Å². The molecule has 0 spiro atoms. The van der Waals surface area contributed by atoms with Crippen molar-refractivity contribution in [1.29, 1.82) is 0 Å². The molecule has 24 heavy (non-hydrogen) atoms. The lowest BCUT2D eigenvalue weighted by Crippen LogP contribution is -2.39. The number of pyridine rings is 1. The Labute approximate surface area is 148 Å². The number of thioether (sulfide) groups is 1. The highest BCUT2D eigenvalue weighted by Gasteiger charge is 2.20. The largest absolute Gasteiger partial charge is 0.391 e. The Bertz CT molecular complexity index is 647. The first-order chi connectivity index (χ1) is 11.8. The number of anilines is 1. The first-order valence-electron chi connectivity index (χ1n) is 8.47. The third-order valence-electron chi connectivity index (χ3n) is 4.37. The quantitative estimate of drug-likeness (QED) is 0.790. The van der Waals surface area contributed by atoms with Gasteiger partial charge in [0.1, 0.15) is 5.82 Å². The molecule has 2 aromatic rings. The van der Waals surface area contributed by atoms with Gasteiger partial charge in [0.15, 0.2) is 0 Å². The van der Waals surface area contributed by atoms with Gasteiger partial charge in [-0.15, -0.1) is 11.8 Å². The predicted octanol–water partition coefficient (Wildman–Crippen LogP) is 3.05. The Hall–Kier alpha value is -1.56. The Morgan fingerprint density at radius 3 is 2.83 bits per heavy atom. The number of piperidine rings is 1. The van der Waals surface area contributed by atoms with Gasteiger partial charge < -0.3 is 15.3 Å². The molecule has 1 aliphatic rings. The number of hydrogen-bond donors (Lipinski definition) is 2. The van der Waals surface area contributed by atoms with Crippen molar-refractivity contribution in [2.24, 2.45) is 0 Å². The molecule has 1 aromatic heterocycles. The maximum Gasteiger partial charge on any atom is 0.133 e. The molecule has 1 aromatic carbocycles. The predicted molar refractivity (Wildman–Crippen MR) is 100 cm³/mol. The number of β-amino-alcohol motifs (C(OH)–C–C–N with tert-alkyl or cyclic N) is 1. The second-order valence-corrected chi connectivity index (χ2v) is 7.06. The van der Waals surface area contributed by atoms with Crippen LogP contribution in [0.1, 0.15) is 24.0 Å². The Morgan fingerprint density at radius 1 is 1.25 bits per heavy atom. The van der Waals surface area contributed by atoms with Gasteiger partial charge in [-0.2, -0.15) is 0 Å². The van der Waals surface area contributed by atoms with Gasteiger partial charge in [0, 0.05) is 42.8 Å². The smallest absolute Gasteiger partial charge is 0.133 e. The average Bonchev–Trinajstić information content (AvgIpc) is 2.63. The highest BCUT2D eigenvalue weighted by molar-refractivity contribution is 7.98. The first-order valence-corrected chi connectivity index (χ1v) is 9.69. The van der Waals surface area contributed by atoms with Gasteiger partial charge in [-0.3, -0.25) is 0 Å². The number of aliphatic hydroxyl groups excluding tert-OH is 1. The van der Waals surface area contributed by atoms with Crippen molar-refractivity contribution >= 4 is 17.6 Å². The average molecular weight is 343 g/mol. The van der Waals surface area contributed by atoms with E-state index in [1.807, 2.05) is 12.3 Å². The van der Waals surface area contributed by atoms with E-state index in [0.717, 1.165) is 38.3 Å². The zero-order valence-corrected chi connectivity index (χ0v) is 14.9. The summed E-state index contributed by atoms with van der Waals surface area (Å²) >= 11 is 1.76. The van der Waals surface area contributed by atoms with Gasteiger partial charge in [0.05, 0.1) is 6.10 Å².